The fraction of sp³-hybridized carbons (Fsp3) is 0. The lowest BCUT2D eigenvalue weighted by Crippen LogP contribution is -2.13. The average Bonchev–Trinajstić information content (AvgIpc) is 3.69. The lowest BCUT2D eigenvalue weighted by molar-refractivity contribution is 0.670. The predicted molar refractivity (Wildman–Crippen MR) is 245 cm³/mol. The van der Waals surface area contributed by atoms with Crippen LogP contribution in [0.25, 0.3) is 88.0 Å². The number of fused-ring (bicyclic) bond motifs is 6. The summed E-state index contributed by atoms with van der Waals surface area (Å²) in [6.07, 6.45) is 0. The van der Waals surface area contributed by atoms with E-state index in [4.69, 9.17) is 4.42 Å². The molecule has 0 saturated heterocycles. The Morgan fingerprint density at radius 1 is 0.293 bits per heavy atom. The van der Waals surface area contributed by atoms with Crippen molar-refractivity contribution in [3.05, 3.63) is 224 Å². The van der Waals surface area contributed by atoms with Crippen LogP contribution in [0.1, 0.15) is 0 Å². The number of benzene rings is 10. The van der Waals surface area contributed by atoms with E-state index in [0.29, 0.717) is 0 Å². The molecular weight excluding hydrogens is 703 g/mol. The van der Waals surface area contributed by atoms with Crippen LogP contribution < -0.4 is 4.90 Å². The molecule has 272 valence electrons. The van der Waals surface area contributed by atoms with Crippen molar-refractivity contribution in [3.63, 3.8) is 0 Å². The summed E-state index contributed by atoms with van der Waals surface area (Å²) in [7, 11) is 0. The van der Waals surface area contributed by atoms with Gasteiger partial charge in [-0.15, -0.1) is 0 Å². The minimum Gasteiger partial charge on any atom is -0.455 e. The summed E-state index contributed by atoms with van der Waals surface area (Å²) in [5, 5.41) is 7.18. The van der Waals surface area contributed by atoms with Crippen molar-refractivity contribution in [2.45, 2.75) is 0 Å². The maximum Gasteiger partial charge on any atom is 0.143 e. The molecule has 0 unspecified atom stereocenters. The van der Waals surface area contributed by atoms with Crippen molar-refractivity contribution in [2.24, 2.45) is 0 Å². The van der Waals surface area contributed by atoms with Gasteiger partial charge in [-0.3, -0.25) is 0 Å². The number of anilines is 3. The average molecular weight is 740 g/mol. The normalized spacial score (nSPS) is 11.4. The lowest BCUT2D eigenvalue weighted by Gasteiger charge is -2.31. The van der Waals surface area contributed by atoms with Crippen LogP contribution in [0.5, 0.6) is 0 Å². The zero-order chi connectivity index (χ0) is 38.4. The first-order chi connectivity index (χ1) is 28.8. The van der Waals surface area contributed by atoms with Gasteiger partial charge in [-0.25, -0.2) is 0 Å². The Hall–Kier alpha value is -7.68. The third-order valence-corrected chi connectivity index (χ3v) is 11.4. The number of nitrogens with zero attached hydrogens (tertiary/aromatic N) is 1. The number of hydrogen-bond acceptors (Lipinski definition) is 2. The smallest absolute Gasteiger partial charge is 0.143 e. The molecule has 0 amide bonds. The fourth-order valence-electron chi connectivity index (χ4n) is 8.66. The summed E-state index contributed by atoms with van der Waals surface area (Å²) in [4.78, 5) is 2.46. The van der Waals surface area contributed by atoms with Crippen LogP contribution in [0.2, 0.25) is 0 Å². The monoisotopic (exact) mass is 739 g/mol. The molecule has 11 rings (SSSR count). The highest BCUT2D eigenvalue weighted by Crippen LogP contribution is 2.49. The van der Waals surface area contributed by atoms with E-state index in [1.807, 2.05) is 12.1 Å². The van der Waals surface area contributed by atoms with Gasteiger partial charge >= 0.3 is 0 Å². The number of furan rings is 1. The van der Waals surface area contributed by atoms with Crippen molar-refractivity contribution in [2.75, 3.05) is 4.90 Å². The largest absolute Gasteiger partial charge is 0.455 e. The predicted octanol–water partition coefficient (Wildman–Crippen LogP) is 16.0. The molecule has 0 spiro atoms. The van der Waals surface area contributed by atoms with E-state index < -0.39 is 0 Å². The Kier molecular flexibility index (Phi) is 8.19. The molecule has 0 N–H and O–H groups in total. The highest BCUT2D eigenvalue weighted by atomic mass is 16.3. The Labute approximate surface area is 337 Å². The zero-order valence-electron chi connectivity index (χ0n) is 31.7. The van der Waals surface area contributed by atoms with Crippen molar-refractivity contribution in [1.29, 1.82) is 0 Å². The van der Waals surface area contributed by atoms with Gasteiger partial charge in [0.05, 0.1) is 5.69 Å². The van der Waals surface area contributed by atoms with E-state index in [2.05, 4.69) is 217 Å². The molecule has 58 heavy (non-hydrogen) atoms. The molecule has 0 radical (unpaired) electrons. The summed E-state index contributed by atoms with van der Waals surface area (Å²) in [6.45, 7) is 0. The molecule has 0 aliphatic rings. The second kappa shape index (κ2) is 14.1. The number of para-hydroxylation sites is 2. The second-order valence-electron chi connectivity index (χ2n) is 14.9. The minimum atomic E-state index is 0.901. The first-order valence-electron chi connectivity index (χ1n) is 19.8. The summed E-state index contributed by atoms with van der Waals surface area (Å²) >= 11 is 0. The maximum atomic E-state index is 6.49. The third kappa shape index (κ3) is 5.82. The van der Waals surface area contributed by atoms with Crippen LogP contribution >= 0.6 is 0 Å². The molecular formula is C56H37NO. The van der Waals surface area contributed by atoms with Gasteiger partial charge in [-0.05, 0) is 91.8 Å². The summed E-state index contributed by atoms with van der Waals surface area (Å²) in [5.41, 5.74) is 14.2. The van der Waals surface area contributed by atoms with Crippen LogP contribution in [0.4, 0.5) is 17.1 Å². The standard InChI is InChI=1S/C56H37NO/c1-4-15-38(16-5-1)44-36-52(39-17-6-2-7-18-39)55(53(37-44)40-19-8-3-9-20-40)57(46-33-34-48-43(35-46)28-27-41-21-10-11-22-47(41)48)45-31-29-42(30-32-45)49-24-14-25-51-50-23-12-13-26-54(50)58-56(49)51/h1-37H. The van der Waals surface area contributed by atoms with Crippen LogP contribution in [0.3, 0.4) is 0 Å². The molecule has 2 nitrogen and oxygen atoms in total. The first-order valence-corrected chi connectivity index (χ1v) is 19.8. The Bertz CT molecular complexity index is 3200. The second-order valence-corrected chi connectivity index (χ2v) is 14.9. The topological polar surface area (TPSA) is 16.4 Å². The highest BCUT2D eigenvalue weighted by Gasteiger charge is 2.24. The van der Waals surface area contributed by atoms with Gasteiger partial charge in [0.25, 0.3) is 0 Å². The number of hydrogen-bond donors (Lipinski definition) is 0. The minimum absolute atomic E-state index is 0.901. The molecule has 1 aromatic heterocycles. The molecule has 0 bridgehead atoms. The lowest BCUT2D eigenvalue weighted by atomic mass is 9.89. The number of rotatable bonds is 7. The highest BCUT2D eigenvalue weighted by molar-refractivity contribution is 6.11. The maximum absolute atomic E-state index is 6.49. The van der Waals surface area contributed by atoms with Crippen molar-refractivity contribution in [1.82, 2.24) is 0 Å². The Balaban J connectivity index is 1.18. The molecule has 0 atom stereocenters. The quantitative estimate of drug-likeness (QED) is 0.151. The van der Waals surface area contributed by atoms with Gasteiger partial charge in [0, 0.05) is 38.8 Å². The molecule has 2 heteroatoms. The van der Waals surface area contributed by atoms with Gasteiger partial charge in [0.15, 0.2) is 0 Å². The van der Waals surface area contributed by atoms with Crippen molar-refractivity contribution in [3.8, 4) is 44.5 Å². The van der Waals surface area contributed by atoms with Crippen molar-refractivity contribution >= 4 is 60.5 Å². The molecule has 11 aromatic rings. The molecule has 0 fully saturated rings. The Morgan fingerprint density at radius 2 is 0.828 bits per heavy atom. The Morgan fingerprint density at radius 3 is 1.53 bits per heavy atom. The van der Waals surface area contributed by atoms with Gasteiger partial charge in [-0.1, -0.05) is 182 Å². The molecule has 10 aromatic carbocycles. The van der Waals surface area contributed by atoms with Gasteiger partial charge in [0.2, 0.25) is 0 Å². The summed E-state index contributed by atoms with van der Waals surface area (Å²) in [5.74, 6) is 0. The van der Waals surface area contributed by atoms with E-state index >= 15 is 0 Å². The van der Waals surface area contributed by atoms with Crippen molar-refractivity contribution < 1.29 is 4.42 Å². The van der Waals surface area contributed by atoms with Gasteiger partial charge in [0.1, 0.15) is 11.2 Å². The molecule has 1 heterocycles. The van der Waals surface area contributed by atoms with Crippen LogP contribution in [-0.4, -0.2) is 0 Å². The van der Waals surface area contributed by atoms with E-state index in [0.717, 1.165) is 72.4 Å². The fourth-order valence-corrected chi connectivity index (χ4v) is 8.66. The van der Waals surface area contributed by atoms with Crippen LogP contribution in [0, 0.1) is 0 Å². The molecule has 0 aliphatic heterocycles. The zero-order valence-corrected chi connectivity index (χ0v) is 31.7. The van der Waals surface area contributed by atoms with E-state index in [9.17, 15) is 0 Å². The van der Waals surface area contributed by atoms with E-state index in [1.54, 1.807) is 0 Å². The van der Waals surface area contributed by atoms with Crippen LogP contribution in [-0.2, 0) is 0 Å². The van der Waals surface area contributed by atoms with E-state index in [-0.39, 0.29) is 0 Å². The SMILES string of the molecule is c1ccc(-c2cc(-c3ccccc3)c(N(c3ccc(-c4cccc5c4oc4ccccc45)cc3)c3ccc4c(ccc5ccccc54)c3)c(-c3ccccc3)c2)cc1. The van der Waals surface area contributed by atoms with Gasteiger partial charge in [-0.2, -0.15) is 0 Å². The first kappa shape index (κ1) is 33.6. The van der Waals surface area contributed by atoms with Crippen LogP contribution in [0.15, 0.2) is 229 Å². The summed E-state index contributed by atoms with van der Waals surface area (Å²) < 4.78 is 6.49. The van der Waals surface area contributed by atoms with Gasteiger partial charge < -0.3 is 9.32 Å². The summed E-state index contributed by atoms with van der Waals surface area (Å²) in [6, 6.07) is 80.9. The van der Waals surface area contributed by atoms with E-state index in [1.165, 1.54) is 32.7 Å². The third-order valence-electron chi connectivity index (χ3n) is 11.4. The molecule has 0 saturated carbocycles. The molecule has 0 aliphatic carbocycles.